The Morgan fingerprint density at radius 2 is 1.98 bits per heavy atom. The second-order valence-electron chi connectivity index (χ2n) is 12.5. The van der Waals surface area contributed by atoms with Crippen molar-refractivity contribution in [3.05, 3.63) is 76.3 Å². The third-order valence-corrected chi connectivity index (χ3v) is 9.95. The van der Waals surface area contributed by atoms with Crippen LogP contribution in [0.25, 0.3) is 11.3 Å². The van der Waals surface area contributed by atoms with Gasteiger partial charge in [0.05, 0.1) is 43.0 Å². The first kappa shape index (κ1) is 27.4. The van der Waals surface area contributed by atoms with Gasteiger partial charge in [0.25, 0.3) is 0 Å². The van der Waals surface area contributed by atoms with Crippen LogP contribution in [0.1, 0.15) is 34.2 Å². The third-order valence-electron chi connectivity index (χ3n) is 9.95. The fourth-order valence-electron chi connectivity index (χ4n) is 7.41. The summed E-state index contributed by atoms with van der Waals surface area (Å²) < 4.78 is 17.5. The van der Waals surface area contributed by atoms with E-state index in [-0.39, 0.29) is 12.0 Å². The van der Waals surface area contributed by atoms with Crippen molar-refractivity contribution in [1.29, 1.82) is 0 Å². The van der Waals surface area contributed by atoms with Crippen LogP contribution in [0.5, 0.6) is 5.75 Å². The topological polar surface area (TPSA) is 84.4 Å². The predicted octanol–water partition coefficient (Wildman–Crippen LogP) is 4.63. The number of aliphatic carboxylic acids is 1. The number of ether oxygens (including phenoxy) is 3. The van der Waals surface area contributed by atoms with Crippen LogP contribution in [-0.2, 0) is 33.8 Å². The Morgan fingerprint density at radius 1 is 1.14 bits per heavy atom. The number of aryl methyl sites for hydroxylation is 2. The largest absolute Gasteiger partial charge is 0.488 e. The summed E-state index contributed by atoms with van der Waals surface area (Å²) in [5.74, 6) is 1.01. The smallest absolute Gasteiger partial charge is 0.312 e. The normalized spacial score (nSPS) is 25.1. The highest BCUT2D eigenvalue weighted by molar-refractivity contribution is 5.82. The molecule has 220 valence electrons. The molecule has 8 heteroatoms. The quantitative estimate of drug-likeness (QED) is 0.400. The molecule has 7 rings (SSSR count). The average molecular weight is 570 g/mol. The van der Waals surface area contributed by atoms with E-state index >= 15 is 0 Å². The molecule has 0 spiro atoms. The number of benzene rings is 2. The van der Waals surface area contributed by atoms with E-state index in [9.17, 15) is 9.90 Å². The Labute approximate surface area is 247 Å². The molecule has 0 radical (unpaired) electrons. The lowest BCUT2D eigenvalue weighted by Gasteiger charge is -2.40. The molecule has 8 nitrogen and oxygen atoms in total. The van der Waals surface area contributed by atoms with E-state index in [0.29, 0.717) is 32.2 Å². The number of carbonyl (C=O) groups is 1. The average Bonchev–Trinajstić information content (AvgIpc) is 3.60. The van der Waals surface area contributed by atoms with E-state index in [2.05, 4.69) is 47.9 Å². The van der Waals surface area contributed by atoms with Crippen molar-refractivity contribution in [2.45, 2.75) is 51.9 Å². The maximum atomic E-state index is 12.2. The second-order valence-corrected chi connectivity index (χ2v) is 12.5. The Bertz CT molecular complexity index is 1520. The van der Waals surface area contributed by atoms with Gasteiger partial charge in [0.15, 0.2) is 0 Å². The van der Waals surface area contributed by atoms with Gasteiger partial charge in [0.2, 0.25) is 0 Å². The number of hydrogen-bond acceptors (Lipinski definition) is 7. The standard InChI is InChI=1S/C34H39N3O5/c1-21-6-4-7-27(29-8-5-9-31(35-29)37-15-25-14-34(25,33(38)39)30(37)20-40-3)32(21)42-17-23-12-22(2)28-16-36(26-18-41-19-26)11-10-24(28)13-23/h4-9,12-13,25-26,30H,10-11,14-20H2,1-3H3,(H,38,39)/t25-,30+,34+/m0/s1. The van der Waals surface area contributed by atoms with Crippen LogP contribution in [0.2, 0.25) is 0 Å². The van der Waals surface area contributed by atoms with Gasteiger partial charge < -0.3 is 24.2 Å². The lowest BCUT2D eigenvalue weighted by Crippen LogP contribution is -2.50. The van der Waals surface area contributed by atoms with Gasteiger partial charge in [0, 0.05) is 32.3 Å². The van der Waals surface area contributed by atoms with Crippen molar-refractivity contribution in [3.63, 3.8) is 0 Å². The maximum absolute atomic E-state index is 12.2. The number of rotatable bonds is 9. The summed E-state index contributed by atoms with van der Waals surface area (Å²) in [4.78, 5) is 21.9. The Morgan fingerprint density at radius 3 is 2.74 bits per heavy atom. The van der Waals surface area contributed by atoms with Crippen LogP contribution in [0.4, 0.5) is 5.82 Å². The maximum Gasteiger partial charge on any atom is 0.312 e. The van der Waals surface area contributed by atoms with Crippen molar-refractivity contribution in [2.24, 2.45) is 11.3 Å². The number of carboxylic acid groups (broad SMARTS) is 1. The van der Waals surface area contributed by atoms with Gasteiger partial charge in [-0.1, -0.05) is 30.3 Å². The number of para-hydroxylation sites is 1. The van der Waals surface area contributed by atoms with E-state index in [1.165, 1.54) is 22.3 Å². The Kier molecular flexibility index (Phi) is 6.95. The minimum Gasteiger partial charge on any atom is -0.488 e. The van der Waals surface area contributed by atoms with E-state index in [1.807, 2.05) is 24.3 Å². The van der Waals surface area contributed by atoms with E-state index in [4.69, 9.17) is 19.2 Å². The Hall–Kier alpha value is -3.46. The molecular weight excluding hydrogens is 530 g/mol. The van der Waals surface area contributed by atoms with Crippen LogP contribution in [0.3, 0.4) is 0 Å². The van der Waals surface area contributed by atoms with E-state index in [0.717, 1.165) is 61.1 Å². The number of carboxylic acids is 1. The molecule has 0 amide bonds. The summed E-state index contributed by atoms with van der Waals surface area (Å²) in [5.41, 5.74) is 7.45. The zero-order chi connectivity index (χ0) is 29.0. The highest BCUT2D eigenvalue weighted by Crippen LogP contribution is 2.62. The van der Waals surface area contributed by atoms with Gasteiger partial charge in [0.1, 0.15) is 18.2 Å². The summed E-state index contributed by atoms with van der Waals surface area (Å²) in [6.07, 6.45) is 1.76. The monoisotopic (exact) mass is 569 g/mol. The summed E-state index contributed by atoms with van der Waals surface area (Å²) in [6, 6.07) is 17.0. The first-order chi connectivity index (χ1) is 20.4. The number of pyridine rings is 1. The molecule has 1 saturated carbocycles. The van der Waals surface area contributed by atoms with Crippen LogP contribution < -0.4 is 9.64 Å². The number of nitrogens with zero attached hydrogens (tertiary/aromatic N) is 3. The van der Waals surface area contributed by atoms with Crippen LogP contribution in [-0.4, -0.2) is 73.1 Å². The minimum atomic E-state index is -0.734. The van der Waals surface area contributed by atoms with Crippen molar-refractivity contribution in [1.82, 2.24) is 9.88 Å². The SMILES string of the molecule is COC[C@H]1N(c2cccc(-c3cccc(C)c3OCc3cc(C)c4c(c3)CCN(C3COC3)C4)n2)C[C@@H]2C[C@@]21C(=O)O. The summed E-state index contributed by atoms with van der Waals surface area (Å²) in [6.45, 7) is 9.58. The van der Waals surface area contributed by atoms with Crippen LogP contribution >= 0.6 is 0 Å². The first-order valence-corrected chi connectivity index (χ1v) is 15.0. The van der Waals surface area contributed by atoms with Crippen LogP contribution in [0.15, 0.2) is 48.5 Å². The van der Waals surface area contributed by atoms with Gasteiger partial charge in [-0.2, -0.15) is 0 Å². The first-order valence-electron chi connectivity index (χ1n) is 15.0. The number of hydrogen-bond donors (Lipinski definition) is 1. The predicted molar refractivity (Wildman–Crippen MR) is 160 cm³/mol. The zero-order valence-electron chi connectivity index (χ0n) is 24.6. The number of methoxy groups -OCH3 is 1. The molecule has 3 fully saturated rings. The molecule has 3 aliphatic heterocycles. The number of piperidine rings is 1. The fraction of sp³-hybridized carbons (Fsp3) is 0.471. The molecular formula is C34H39N3O5. The van der Waals surface area contributed by atoms with Gasteiger partial charge in [-0.05, 0) is 78.6 Å². The highest BCUT2D eigenvalue weighted by Gasteiger charge is 2.71. The van der Waals surface area contributed by atoms with Gasteiger partial charge in [-0.3, -0.25) is 9.69 Å². The molecule has 1 aliphatic carbocycles. The molecule has 1 N–H and O–H groups in total. The van der Waals surface area contributed by atoms with Crippen LogP contribution in [0, 0.1) is 25.2 Å². The number of anilines is 1. The molecule has 4 heterocycles. The minimum absolute atomic E-state index is 0.133. The molecule has 4 aliphatic rings. The number of aromatic nitrogens is 1. The molecule has 2 saturated heterocycles. The fourth-order valence-corrected chi connectivity index (χ4v) is 7.41. The Balaban J connectivity index is 1.12. The van der Waals surface area contributed by atoms with Crippen molar-refractivity contribution in [2.75, 3.05) is 44.9 Å². The van der Waals surface area contributed by atoms with Gasteiger partial charge >= 0.3 is 5.97 Å². The van der Waals surface area contributed by atoms with Crippen molar-refractivity contribution in [3.8, 4) is 17.0 Å². The van der Waals surface area contributed by atoms with Gasteiger partial charge in [-0.15, -0.1) is 0 Å². The van der Waals surface area contributed by atoms with Crippen molar-refractivity contribution < 1.29 is 24.1 Å². The van der Waals surface area contributed by atoms with Gasteiger partial charge in [-0.25, -0.2) is 4.98 Å². The molecule has 3 aromatic rings. The zero-order valence-corrected chi connectivity index (χ0v) is 24.6. The van der Waals surface area contributed by atoms with E-state index in [1.54, 1.807) is 7.11 Å². The summed E-state index contributed by atoms with van der Waals surface area (Å²) in [7, 11) is 1.63. The molecule has 0 bridgehead atoms. The van der Waals surface area contributed by atoms with E-state index < -0.39 is 11.4 Å². The number of fused-ring (bicyclic) bond motifs is 2. The summed E-state index contributed by atoms with van der Waals surface area (Å²) >= 11 is 0. The molecule has 3 atom stereocenters. The molecule has 0 unspecified atom stereocenters. The molecule has 1 aromatic heterocycles. The lowest BCUT2D eigenvalue weighted by molar-refractivity contribution is -0.144. The van der Waals surface area contributed by atoms with Crippen molar-refractivity contribution >= 4 is 11.8 Å². The highest BCUT2D eigenvalue weighted by atomic mass is 16.5. The third kappa shape index (κ3) is 4.57. The molecule has 42 heavy (non-hydrogen) atoms. The second kappa shape index (κ2) is 10.7. The summed E-state index contributed by atoms with van der Waals surface area (Å²) in [5, 5.41) is 10.0. The molecule has 2 aromatic carbocycles. The lowest BCUT2D eigenvalue weighted by atomic mass is 9.92.